The second kappa shape index (κ2) is 18.5. The van der Waals surface area contributed by atoms with Crippen LogP contribution in [-0.2, 0) is 6.54 Å². The van der Waals surface area contributed by atoms with Crippen LogP contribution in [0.1, 0.15) is 96.5 Å². The molecule has 0 aromatic heterocycles. The lowest BCUT2D eigenvalue weighted by Gasteiger charge is -2.16. The Labute approximate surface area is 246 Å². The van der Waals surface area contributed by atoms with Gasteiger partial charge in [0.15, 0.2) is 0 Å². The summed E-state index contributed by atoms with van der Waals surface area (Å²) in [5.74, 6) is 2.29. The SMILES string of the molecule is CCCCCCCCCCCCCCOc1cc(OC)ccc1NC(=O)Nc1cccc(CN2C=C(C)SC2)c1. The van der Waals surface area contributed by atoms with Crippen molar-refractivity contribution in [2.24, 2.45) is 0 Å². The number of anilines is 2. The van der Waals surface area contributed by atoms with E-state index in [4.69, 9.17) is 9.47 Å². The fourth-order valence-electron chi connectivity index (χ4n) is 4.85. The highest BCUT2D eigenvalue weighted by atomic mass is 32.2. The Balaban J connectivity index is 1.39. The number of hydrogen-bond acceptors (Lipinski definition) is 5. The summed E-state index contributed by atoms with van der Waals surface area (Å²) in [6.45, 7) is 5.83. The van der Waals surface area contributed by atoms with Crippen LogP contribution in [0.2, 0.25) is 0 Å². The van der Waals surface area contributed by atoms with Crippen molar-refractivity contribution in [1.29, 1.82) is 0 Å². The van der Waals surface area contributed by atoms with Gasteiger partial charge in [0.1, 0.15) is 11.5 Å². The second-order valence-corrected chi connectivity index (χ2v) is 11.8. The van der Waals surface area contributed by atoms with Gasteiger partial charge in [-0.15, -0.1) is 11.8 Å². The Morgan fingerprint density at radius 3 is 2.25 bits per heavy atom. The molecule has 40 heavy (non-hydrogen) atoms. The summed E-state index contributed by atoms with van der Waals surface area (Å²) in [5.41, 5.74) is 2.54. The summed E-state index contributed by atoms with van der Waals surface area (Å²) < 4.78 is 11.5. The number of nitrogens with one attached hydrogen (secondary N) is 2. The number of carbonyl (C=O) groups is 1. The molecule has 0 saturated heterocycles. The van der Waals surface area contributed by atoms with Gasteiger partial charge < -0.3 is 25.0 Å². The largest absolute Gasteiger partial charge is 0.497 e. The number of methoxy groups -OCH3 is 1. The molecule has 0 aliphatic carbocycles. The molecule has 7 heteroatoms. The zero-order valence-electron chi connectivity index (χ0n) is 24.8. The number of allylic oxidation sites excluding steroid dienone is 1. The van der Waals surface area contributed by atoms with E-state index in [1.807, 2.05) is 48.2 Å². The van der Waals surface area contributed by atoms with Gasteiger partial charge in [-0.05, 0) is 48.1 Å². The lowest BCUT2D eigenvalue weighted by molar-refractivity contribution is 0.261. The second-order valence-electron chi connectivity index (χ2n) is 10.6. The van der Waals surface area contributed by atoms with Gasteiger partial charge in [-0.3, -0.25) is 0 Å². The zero-order valence-corrected chi connectivity index (χ0v) is 25.6. The van der Waals surface area contributed by atoms with E-state index in [9.17, 15) is 4.79 Å². The average Bonchev–Trinajstić information content (AvgIpc) is 3.36. The highest BCUT2D eigenvalue weighted by molar-refractivity contribution is 8.03. The molecule has 0 unspecified atom stereocenters. The van der Waals surface area contributed by atoms with Gasteiger partial charge >= 0.3 is 6.03 Å². The van der Waals surface area contributed by atoms with Crippen molar-refractivity contribution in [3.8, 4) is 11.5 Å². The first-order valence-electron chi connectivity index (χ1n) is 15.1. The number of unbranched alkanes of at least 4 members (excludes halogenated alkanes) is 11. The lowest BCUT2D eigenvalue weighted by atomic mass is 10.1. The molecule has 2 amide bonds. The van der Waals surface area contributed by atoms with E-state index >= 15 is 0 Å². The molecule has 0 bridgehead atoms. The van der Waals surface area contributed by atoms with Crippen LogP contribution in [0, 0.1) is 0 Å². The fourth-order valence-corrected chi connectivity index (χ4v) is 5.61. The minimum absolute atomic E-state index is 0.301. The summed E-state index contributed by atoms with van der Waals surface area (Å²) in [7, 11) is 1.63. The molecule has 1 heterocycles. The third-order valence-electron chi connectivity index (χ3n) is 7.09. The average molecular weight is 568 g/mol. The van der Waals surface area contributed by atoms with E-state index in [0.717, 1.165) is 36.5 Å². The summed E-state index contributed by atoms with van der Waals surface area (Å²) in [4.78, 5) is 16.4. The first-order chi connectivity index (χ1) is 19.6. The molecule has 220 valence electrons. The number of nitrogens with zero attached hydrogens (tertiary/aromatic N) is 1. The third-order valence-corrected chi connectivity index (χ3v) is 8.11. The number of amides is 2. The van der Waals surface area contributed by atoms with Crippen LogP contribution in [0.5, 0.6) is 11.5 Å². The minimum Gasteiger partial charge on any atom is -0.497 e. The molecule has 3 rings (SSSR count). The van der Waals surface area contributed by atoms with Gasteiger partial charge in [-0.2, -0.15) is 0 Å². The van der Waals surface area contributed by atoms with Crippen LogP contribution in [0.15, 0.2) is 53.6 Å². The quantitative estimate of drug-likeness (QED) is 0.165. The van der Waals surface area contributed by atoms with Crippen LogP contribution in [0.25, 0.3) is 0 Å². The molecule has 2 N–H and O–H groups in total. The van der Waals surface area contributed by atoms with Crippen LogP contribution < -0.4 is 20.1 Å². The highest BCUT2D eigenvalue weighted by Crippen LogP contribution is 2.30. The summed E-state index contributed by atoms with van der Waals surface area (Å²) >= 11 is 1.85. The van der Waals surface area contributed by atoms with Crippen molar-refractivity contribution in [3.63, 3.8) is 0 Å². The van der Waals surface area contributed by atoms with Crippen molar-refractivity contribution >= 4 is 29.2 Å². The molecule has 0 radical (unpaired) electrons. The Morgan fingerprint density at radius 2 is 1.60 bits per heavy atom. The van der Waals surface area contributed by atoms with Crippen LogP contribution >= 0.6 is 11.8 Å². The fraction of sp³-hybridized carbons (Fsp3) is 0.545. The molecular weight excluding hydrogens is 518 g/mol. The Morgan fingerprint density at radius 1 is 0.900 bits per heavy atom. The summed E-state index contributed by atoms with van der Waals surface area (Å²) in [6, 6.07) is 13.2. The zero-order chi connectivity index (χ0) is 28.4. The first-order valence-corrected chi connectivity index (χ1v) is 16.1. The number of urea groups is 1. The Hall–Kier alpha value is -2.80. The predicted molar refractivity (Wildman–Crippen MR) is 170 cm³/mol. The number of benzene rings is 2. The van der Waals surface area contributed by atoms with Crippen molar-refractivity contribution in [3.05, 3.63) is 59.1 Å². The molecule has 1 aliphatic heterocycles. The molecule has 6 nitrogen and oxygen atoms in total. The van der Waals surface area contributed by atoms with E-state index in [-0.39, 0.29) is 6.03 Å². The smallest absolute Gasteiger partial charge is 0.323 e. The molecule has 0 fully saturated rings. The number of rotatable bonds is 19. The minimum atomic E-state index is -0.301. The molecule has 1 aliphatic rings. The standard InChI is InChI=1S/C33H49N3O3S/c1-4-5-6-7-8-9-10-11-12-13-14-15-21-39-32-23-30(38-3)19-20-31(32)35-33(37)34-29-18-16-17-28(22-29)25-36-24-27(2)40-26-36/h16-20,22-24H,4-15,21,25-26H2,1-3H3,(H2,34,35,37). The van der Waals surface area contributed by atoms with Crippen LogP contribution in [-0.4, -0.2) is 30.5 Å². The Bertz CT molecular complexity index is 1060. The maximum Gasteiger partial charge on any atom is 0.323 e. The van der Waals surface area contributed by atoms with Gasteiger partial charge in [-0.25, -0.2) is 4.79 Å². The number of carbonyl (C=O) groups excluding carboxylic acids is 1. The summed E-state index contributed by atoms with van der Waals surface area (Å²) in [6.07, 6.45) is 17.9. The molecule has 0 spiro atoms. The van der Waals surface area contributed by atoms with E-state index in [1.165, 1.54) is 69.1 Å². The normalized spacial score (nSPS) is 12.8. The van der Waals surface area contributed by atoms with Crippen LogP contribution in [0.3, 0.4) is 0 Å². The lowest BCUT2D eigenvalue weighted by Crippen LogP contribution is -2.20. The summed E-state index contributed by atoms with van der Waals surface area (Å²) in [5, 5.41) is 5.91. The predicted octanol–water partition coefficient (Wildman–Crippen LogP) is 9.79. The van der Waals surface area contributed by atoms with Gasteiger partial charge in [0.25, 0.3) is 0 Å². The third kappa shape index (κ3) is 12.2. The molecule has 0 atom stereocenters. The maximum atomic E-state index is 12.8. The van der Waals surface area contributed by atoms with Gasteiger partial charge in [0.2, 0.25) is 0 Å². The van der Waals surface area contributed by atoms with Crippen LogP contribution in [0.4, 0.5) is 16.2 Å². The van der Waals surface area contributed by atoms with Crippen molar-refractivity contribution < 1.29 is 14.3 Å². The van der Waals surface area contributed by atoms with E-state index in [1.54, 1.807) is 7.11 Å². The molecule has 2 aromatic carbocycles. The van der Waals surface area contributed by atoms with E-state index in [2.05, 4.69) is 41.6 Å². The maximum absolute atomic E-state index is 12.8. The highest BCUT2D eigenvalue weighted by Gasteiger charge is 2.12. The van der Waals surface area contributed by atoms with E-state index < -0.39 is 0 Å². The van der Waals surface area contributed by atoms with Gasteiger partial charge in [0.05, 0.1) is 25.3 Å². The Kier molecular flexibility index (Phi) is 14.7. The number of thioether (sulfide) groups is 1. The van der Waals surface area contributed by atoms with Crippen molar-refractivity contribution in [2.45, 2.75) is 97.4 Å². The molecular formula is C33H49N3O3S. The van der Waals surface area contributed by atoms with Gasteiger partial charge in [-0.1, -0.05) is 89.7 Å². The molecule has 0 saturated carbocycles. The molecule has 2 aromatic rings. The topological polar surface area (TPSA) is 62.8 Å². The number of ether oxygens (including phenoxy) is 2. The van der Waals surface area contributed by atoms with Gasteiger partial charge in [0, 0.05) is 24.5 Å². The van der Waals surface area contributed by atoms with Crippen molar-refractivity contribution in [1.82, 2.24) is 4.90 Å². The number of hydrogen-bond donors (Lipinski definition) is 2. The monoisotopic (exact) mass is 567 g/mol. The van der Waals surface area contributed by atoms with Crippen molar-refractivity contribution in [2.75, 3.05) is 30.2 Å². The first kappa shape index (κ1) is 31.7. The van der Waals surface area contributed by atoms with E-state index in [0.29, 0.717) is 23.8 Å².